The van der Waals surface area contributed by atoms with E-state index in [2.05, 4.69) is 4.90 Å². The normalized spacial score (nSPS) is 24.7. The number of rotatable bonds is 2. The van der Waals surface area contributed by atoms with E-state index in [-0.39, 0.29) is 11.7 Å². The van der Waals surface area contributed by atoms with Crippen LogP contribution in [0.3, 0.4) is 0 Å². The van der Waals surface area contributed by atoms with Gasteiger partial charge in [0.15, 0.2) is 0 Å². The fraction of sp³-hybridized carbons (Fsp3) is 0.533. The zero-order chi connectivity index (χ0) is 15.0. The van der Waals surface area contributed by atoms with Gasteiger partial charge in [0.25, 0.3) is 5.69 Å². The maximum absolute atomic E-state index is 11.5. The molecule has 2 heterocycles. The van der Waals surface area contributed by atoms with Crippen LogP contribution in [-0.4, -0.2) is 23.5 Å². The van der Waals surface area contributed by atoms with E-state index >= 15 is 0 Å². The summed E-state index contributed by atoms with van der Waals surface area (Å²) in [5.41, 5.74) is 1.71. The first-order chi connectivity index (χ1) is 10.1. The Labute approximate surface area is 122 Å². The predicted octanol–water partition coefficient (Wildman–Crippen LogP) is 1.27. The molecule has 0 N–H and O–H groups in total. The Hall–Kier alpha value is -2.11. The molecule has 0 saturated carbocycles. The molecule has 0 spiro atoms. The molecule has 1 fully saturated rings. The second-order valence-electron chi connectivity index (χ2n) is 5.81. The quantitative estimate of drug-likeness (QED) is 0.604. The summed E-state index contributed by atoms with van der Waals surface area (Å²) < 4.78 is 0. The minimum absolute atomic E-state index is 0.0131. The van der Waals surface area contributed by atoms with E-state index < -0.39 is 16.8 Å². The smallest absolute Gasteiger partial charge is 0.269 e. The molecule has 0 unspecified atom stereocenters. The Bertz CT molecular complexity index is 587. The third-order valence-corrected chi connectivity index (χ3v) is 4.59. The number of carboxylic acids is 1. The van der Waals surface area contributed by atoms with Crippen molar-refractivity contribution in [1.29, 1.82) is 0 Å². The molecule has 3 rings (SSSR count). The molecule has 2 aliphatic heterocycles. The molecule has 1 aromatic carbocycles. The number of fused-ring (bicyclic) bond motifs is 3. The van der Waals surface area contributed by atoms with Crippen LogP contribution in [0.5, 0.6) is 0 Å². The number of nitro groups is 1. The highest BCUT2D eigenvalue weighted by Crippen LogP contribution is 2.39. The molecule has 6 nitrogen and oxygen atoms in total. The number of hydrogen-bond acceptors (Lipinski definition) is 5. The Morgan fingerprint density at radius 1 is 1.29 bits per heavy atom. The van der Waals surface area contributed by atoms with E-state index in [1.54, 1.807) is 6.07 Å². The number of aliphatic carboxylic acids is 1. The van der Waals surface area contributed by atoms with Gasteiger partial charge in [-0.3, -0.25) is 10.1 Å². The maximum Gasteiger partial charge on any atom is 0.269 e. The van der Waals surface area contributed by atoms with Crippen molar-refractivity contribution >= 4 is 17.3 Å². The molecule has 0 aliphatic carbocycles. The lowest BCUT2D eigenvalue weighted by Gasteiger charge is -2.43. The molecule has 2 atom stereocenters. The average molecular weight is 289 g/mol. The Morgan fingerprint density at radius 2 is 2.10 bits per heavy atom. The van der Waals surface area contributed by atoms with Gasteiger partial charge >= 0.3 is 0 Å². The molecular weight excluding hydrogens is 272 g/mol. The molecule has 21 heavy (non-hydrogen) atoms. The van der Waals surface area contributed by atoms with Gasteiger partial charge in [0.1, 0.15) is 0 Å². The number of benzene rings is 1. The van der Waals surface area contributed by atoms with E-state index in [1.165, 1.54) is 12.1 Å². The van der Waals surface area contributed by atoms with Crippen LogP contribution in [0.4, 0.5) is 11.4 Å². The van der Waals surface area contributed by atoms with Crippen LogP contribution in [0, 0.1) is 16.0 Å². The summed E-state index contributed by atoms with van der Waals surface area (Å²) in [6.45, 7) is 0.805. The van der Waals surface area contributed by atoms with Crippen molar-refractivity contribution in [2.45, 2.75) is 38.1 Å². The molecule has 2 aliphatic rings. The van der Waals surface area contributed by atoms with Crippen LogP contribution in [0.2, 0.25) is 0 Å². The number of carboxylic acid groups (broad SMARTS) is 1. The fourth-order valence-corrected chi connectivity index (χ4v) is 3.59. The second-order valence-corrected chi connectivity index (χ2v) is 5.81. The molecule has 1 aromatic rings. The highest BCUT2D eigenvalue weighted by molar-refractivity contribution is 5.74. The van der Waals surface area contributed by atoms with Crippen LogP contribution in [0.1, 0.15) is 31.2 Å². The maximum atomic E-state index is 11.5. The van der Waals surface area contributed by atoms with Crippen LogP contribution < -0.4 is 10.0 Å². The van der Waals surface area contributed by atoms with Gasteiger partial charge in [-0.1, -0.05) is 12.8 Å². The fourth-order valence-electron chi connectivity index (χ4n) is 3.59. The molecule has 0 aromatic heterocycles. The monoisotopic (exact) mass is 289 g/mol. The van der Waals surface area contributed by atoms with E-state index in [9.17, 15) is 20.0 Å². The van der Waals surface area contributed by atoms with E-state index in [4.69, 9.17) is 0 Å². The lowest BCUT2D eigenvalue weighted by Crippen LogP contribution is -2.51. The average Bonchev–Trinajstić information content (AvgIpc) is 2.71. The molecular formula is C15H17N2O4-. The lowest BCUT2D eigenvalue weighted by molar-refractivity contribution is -0.384. The van der Waals surface area contributed by atoms with E-state index in [0.29, 0.717) is 6.42 Å². The summed E-state index contributed by atoms with van der Waals surface area (Å²) in [6.07, 6.45) is 4.30. The Balaban J connectivity index is 2.05. The highest BCUT2D eigenvalue weighted by atomic mass is 16.6. The van der Waals surface area contributed by atoms with Crippen LogP contribution in [-0.2, 0) is 11.2 Å². The van der Waals surface area contributed by atoms with Crippen LogP contribution in [0.25, 0.3) is 0 Å². The zero-order valence-corrected chi connectivity index (χ0v) is 11.7. The number of nitrogens with zero attached hydrogens (tertiary/aromatic N) is 2. The summed E-state index contributed by atoms with van der Waals surface area (Å²) in [5.74, 6) is -1.64. The molecule has 6 heteroatoms. The Kier molecular flexibility index (Phi) is 3.53. The predicted molar refractivity (Wildman–Crippen MR) is 74.9 cm³/mol. The number of non-ortho nitro benzene ring substituents is 1. The minimum Gasteiger partial charge on any atom is -0.550 e. The van der Waals surface area contributed by atoms with Crippen molar-refractivity contribution in [3.8, 4) is 0 Å². The number of carbonyl (C=O) groups excluding carboxylic acids is 1. The van der Waals surface area contributed by atoms with E-state index in [1.807, 2.05) is 0 Å². The first-order valence-corrected chi connectivity index (χ1v) is 7.33. The van der Waals surface area contributed by atoms with E-state index in [0.717, 1.165) is 43.5 Å². The van der Waals surface area contributed by atoms with Crippen molar-refractivity contribution in [3.63, 3.8) is 0 Å². The van der Waals surface area contributed by atoms with Crippen molar-refractivity contribution in [1.82, 2.24) is 0 Å². The van der Waals surface area contributed by atoms with Gasteiger partial charge in [0.05, 0.1) is 4.92 Å². The zero-order valence-electron chi connectivity index (χ0n) is 11.7. The summed E-state index contributed by atoms with van der Waals surface area (Å²) in [7, 11) is 0. The van der Waals surface area contributed by atoms with Gasteiger partial charge in [0.2, 0.25) is 0 Å². The van der Waals surface area contributed by atoms with Gasteiger partial charge in [-0.05, 0) is 30.9 Å². The molecule has 0 amide bonds. The summed E-state index contributed by atoms with van der Waals surface area (Å²) >= 11 is 0. The number of anilines is 1. The summed E-state index contributed by atoms with van der Waals surface area (Å²) in [5, 5.41) is 22.4. The molecule has 112 valence electrons. The Morgan fingerprint density at radius 3 is 2.81 bits per heavy atom. The van der Waals surface area contributed by atoms with Crippen molar-refractivity contribution < 1.29 is 14.8 Å². The van der Waals surface area contributed by atoms with Crippen LogP contribution >= 0.6 is 0 Å². The topological polar surface area (TPSA) is 86.5 Å². The van der Waals surface area contributed by atoms with Gasteiger partial charge in [0, 0.05) is 42.3 Å². The number of nitro benzene ring substituents is 1. The third-order valence-electron chi connectivity index (χ3n) is 4.59. The molecule has 1 saturated heterocycles. The van der Waals surface area contributed by atoms with Gasteiger partial charge in [-0.25, -0.2) is 0 Å². The highest BCUT2D eigenvalue weighted by Gasteiger charge is 2.36. The van der Waals surface area contributed by atoms with Crippen LogP contribution in [0.15, 0.2) is 18.2 Å². The van der Waals surface area contributed by atoms with Crippen molar-refractivity contribution in [2.24, 2.45) is 5.92 Å². The van der Waals surface area contributed by atoms with Gasteiger partial charge in [-0.15, -0.1) is 0 Å². The van der Waals surface area contributed by atoms with Gasteiger partial charge in [-0.2, -0.15) is 0 Å². The second kappa shape index (κ2) is 5.35. The molecule has 0 radical (unpaired) electrons. The summed E-state index contributed by atoms with van der Waals surface area (Å²) in [6, 6.07) is 4.72. The largest absolute Gasteiger partial charge is 0.550 e. The van der Waals surface area contributed by atoms with Crippen molar-refractivity contribution in [3.05, 3.63) is 33.9 Å². The van der Waals surface area contributed by atoms with Crippen molar-refractivity contribution in [2.75, 3.05) is 11.4 Å². The SMILES string of the molecule is O=C([O-])[C@H]1Cc2cc([N+](=O)[O-])ccc2N2CCCCC[C@@H]12. The summed E-state index contributed by atoms with van der Waals surface area (Å²) in [4.78, 5) is 24.1. The molecule has 0 bridgehead atoms. The third kappa shape index (κ3) is 2.46. The number of carbonyl (C=O) groups is 1. The first kappa shape index (κ1) is 13.9. The standard InChI is InChI=1S/C15H18N2O4/c18-15(19)12-9-10-8-11(17(20)21)5-6-13(10)16-7-3-1-2-4-14(12)16/h5-6,8,12,14H,1-4,7,9H2,(H,18,19)/p-1/t12-,14-/m0/s1. The number of hydrogen-bond donors (Lipinski definition) is 0. The lowest BCUT2D eigenvalue weighted by atomic mass is 9.83. The minimum atomic E-state index is -1.05. The van der Waals surface area contributed by atoms with Gasteiger partial charge < -0.3 is 14.8 Å². The first-order valence-electron chi connectivity index (χ1n) is 7.33.